The zero-order chi connectivity index (χ0) is 14.8. The molecule has 0 bridgehead atoms. The molecule has 1 aromatic carbocycles. The normalized spacial score (nSPS) is 14.0. The number of carbonyl (C=O) groups excluding carboxylic acids is 3. The molecule has 21 heavy (non-hydrogen) atoms. The second-order valence-electron chi connectivity index (χ2n) is 4.50. The van der Waals surface area contributed by atoms with Gasteiger partial charge in [0.25, 0.3) is 5.91 Å². The van der Waals surface area contributed by atoms with Gasteiger partial charge < -0.3 is 5.32 Å². The molecule has 1 aromatic heterocycles. The zero-order valence-corrected chi connectivity index (χ0v) is 11.7. The molecule has 0 saturated heterocycles. The Labute approximate surface area is 124 Å². The van der Waals surface area contributed by atoms with E-state index in [0.29, 0.717) is 16.3 Å². The van der Waals surface area contributed by atoms with Crippen LogP contribution < -0.4 is 5.32 Å². The van der Waals surface area contributed by atoms with E-state index in [0.717, 1.165) is 4.90 Å². The lowest BCUT2D eigenvalue weighted by molar-refractivity contribution is -0.131. The van der Waals surface area contributed by atoms with Gasteiger partial charge in [0.05, 0.1) is 6.42 Å². The SMILES string of the molecule is O=C(CN1C(=O)Cc2ccccc2C1=O)Nc1nccs1. The van der Waals surface area contributed by atoms with Crippen LogP contribution in [0.15, 0.2) is 35.8 Å². The molecule has 0 unspecified atom stereocenters. The van der Waals surface area contributed by atoms with Gasteiger partial charge in [-0.15, -0.1) is 11.3 Å². The fourth-order valence-corrected chi connectivity index (χ4v) is 2.69. The molecule has 0 spiro atoms. The molecular formula is C14H11N3O3S. The first-order valence-electron chi connectivity index (χ1n) is 6.27. The van der Waals surface area contributed by atoms with E-state index in [1.54, 1.807) is 35.8 Å². The van der Waals surface area contributed by atoms with Crippen LogP contribution in [-0.4, -0.2) is 34.2 Å². The van der Waals surface area contributed by atoms with Gasteiger partial charge in [0.2, 0.25) is 11.8 Å². The summed E-state index contributed by atoms with van der Waals surface area (Å²) in [6, 6.07) is 6.93. The third-order valence-corrected chi connectivity index (χ3v) is 3.80. The van der Waals surface area contributed by atoms with E-state index in [4.69, 9.17) is 0 Å². The van der Waals surface area contributed by atoms with Crippen LogP contribution in [-0.2, 0) is 16.0 Å². The van der Waals surface area contributed by atoms with Crippen molar-refractivity contribution in [3.8, 4) is 0 Å². The summed E-state index contributed by atoms with van der Waals surface area (Å²) in [6.07, 6.45) is 1.69. The monoisotopic (exact) mass is 301 g/mol. The predicted molar refractivity (Wildman–Crippen MR) is 76.9 cm³/mol. The number of hydrogen-bond acceptors (Lipinski definition) is 5. The van der Waals surface area contributed by atoms with Crippen LogP contribution in [0.25, 0.3) is 0 Å². The Morgan fingerprint density at radius 1 is 1.33 bits per heavy atom. The molecule has 2 heterocycles. The molecule has 1 aliphatic rings. The minimum absolute atomic E-state index is 0.131. The van der Waals surface area contributed by atoms with Crippen LogP contribution >= 0.6 is 11.3 Å². The first kappa shape index (κ1) is 13.4. The van der Waals surface area contributed by atoms with Crippen molar-refractivity contribution in [2.24, 2.45) is 0 Å². The fraction of sp³-hybridized carbons (Fsp3) is 0.143. The Kier molecular flexibility index (Phi) is 3.49. The van der Waals surface area contributed by atoms with E-state index in [9.17, 15) is 14.4 Å². The number of rotatable bonds is 3. The summed E-state index contributed by atoms with van der Waals surface area (Å²) in [5.74, 6) is -1.24. The van der Waals surface area contributed by atoms with Gasteiger partial charge in [-0.05, 0) is 11.6 Å². The fourth-order valence-electron chi connectivity index (χ4n) is 2.15. The van der Waals surface area contributed by atoms with Crippen molar-refractivity contribution in [2.75, 3.05) is 11.9 Å². The molecule has 7 heteroatoms. The maximum atomic E-state index is 12.3. The molecule has 3 amide bonds. The van der Waals surface area contributed by atoms with Crippen molar-refractivity contribution >= 4 is 34.2 Å². The third kappa shape index (κ3) is 2.68. The Morgan fingerprint density at radius 2 is 2.14 bits per heavy atom. The second kappa shape index (κ2) is 5.45. The van der Waals surface area contributed by atoms with Gasteiger partial charge >= 0.3 is 0 Å². The van der Waals surface area contributed by atoms with Crippen molar-refractivity contribution in [2.45, 2.75) is 6.42 Å². The molecule has 1 N–H and O–H groups in total. The van der Waals surface area contributed by atoms with E-state index in [1.807, 2.05) is 0 Å². The number of aromatic nitrogens is 1. The van der Waals surface area contributed by atoms with Crippen molar-refractivity contribution in [3.63, 3.8) is 0 Å². The average Bonchev–Trinajstić information content (AvgIpc) is 2.96. The molecule has 0 atom stereocenters. The Balaban J connectivity index is 1.75. The van der Waals surface area contributed by atoms with Crippen LogP contribution in [0, 0.1) is 0 Å². The lowest BCUT2D eigenvalue weighted by atomic mass is 9.98. The van der Waals surface area contributed by atoms with Crippen LogP contribution in [0.3, 0.4) is 0 Å². The Bertz CT molecular complexity index is 712. The minimum Gasteiger partial charge on any atom is -0.300 e. The molecule has 106 valence electrons. The molecule has 0 radical (unpaired) electrons. The maximum absolute atomic E-state index is 12.3. The second-order valence-corrected chi connectivity index (χ2v) is 5.40. The van der Waals surface area contributed by atoms with E-state index in [-0.39, 0.29) is 18.9 Å². The quantitative estimate of drug-likeness (QED) is 0.867. The number of carbonyl (C=O) groups is 3. The smallest absolute Gasteiger partial charge is 0.261 e. The average molecular weight is 301 g/mol. The molecule has 3 rings (SSSR count). The number of nitrogens with one attached hydrogen (secondary N) is 1. The van der Waals surface area contributed by atoms with Crippen molar-refractivity contribution in [1.29, 1.82) is 0 Å². The molecule has 1 aliphatic heterocycles. The van der Waals surface area contributed by atoms with Crippen molar-refractivity contribution in [3.05, 3.63) is 47.0 Å². The summed E-state index contributed by atoms with van der Waals surface area (Å²) in [5, 5.41) is 4.72. The maximum Gasteiger partial charge on any atom is 0.261 e. The van der Waals surface area contributed by atoms with Gasteiger partial charge in [-0.25, -0.2) is 4.98 Å². The summed E-state index contributed by atoms with van der Waals surface area (Å²) < 4.78 is 0. The highest BCUT2D eigenvalue weighted by Crippen LogP contribution is 2.19. The highest BCUT2D eigenvalue weighted by Gasteiger charge is 2.31. The predicted octanol–water partition coefficient (Wildman–Crippen LogP) is 1.31. The van der Waals surface area contributed by atoms with Crippen LogP contribution in [0.4, 0.5) is 5.13 Å². The molecule has 0 fully saturated rings. The Morgan fingerprint density at radius 3 is 2.90 bits per heavy atom. The summed E-state index contributed by atoms with van der Waals surface area (Å²) in [6.45, 7) is -0.300. The molecule has 0 saturated carbocycles. The van der Waals surface area contributed by atoms with Gasteiger partial charge in [-0.2, -0.15) is 0 Å². The number of anilines is 1. The number of fused-ring (bicyclic) bond motifs is 1. The number of amides is 3. The van der Waals surface area contributed by atoms with E-state index >= 15 is 0 Å². The molecule has 2 aromatic rings. The van der Waals surface area contributed by atoms with Gasteiger partial charge in [-0.3, -0.25) is 19.3 Å². The van der Waals surface area contributed by atoms with Gasteiger partial charge in [-0.1, -0.05) is 18.2 Å². The molecular weight excluding hydrogens is 290 g/mol. The van der Waals surface area contributed by atoms with Gasteiger partial charge in [0, 0.05) is 17.1 Å². The molecule has 0 aliphatic carbocycles. The number of nitrogens with zero attached hydrogens (tertiary/aromatic N) is 2. The zero-order valence-electron chi connectivity index (χ0n) is 10.9. The topological polar surface area (TPSA) is 79.4 Å². The summed E-state index contributed by atoms with van der Waals surface area (Å²) in [7, 11) is 0. The van der Waals surface area contributed by atoms with Crippen molar-refractivity contribution < 1.29 is 14.4 Å². The highest BCUT2D eigenvalue weighted by atomic mass is 32.1. The lowest BCUT2D eigenvalue weighted by Crippen LogP contribution is -2.46. The van der Waals surface area contributed by atoms with Crippen LogP contribution in [0.5, 0.6) is 0 Å². The molecule has 6 nitrogen and oxygen atoms in total. The van der Waals surface area contributed by atoms with Crippen LogP contribution in [0.1, 0.15) is 15.9 Å². The highest BCUT2D eigenvalue weighted by molar-refractivity contribution is 7.13. The minimum atomic E-state index is -0.439. The third-order valence-electron chi connectivity index (χ3n) is 3.12. The van der Waals surface area contributed by atoms with Gasteiger partial charge in [0.1, 0.15) is 6.54 Å². The van der Waals surface area contributed by atoms with Crippen molar-refractivity contribution in [1.82, 2.24) is 9.88 Å². The van der Waals surface area contributed by atoms with E-state index in [2.05, 4.69) is 10.3 Å². The summed E-state index contributed by atoms with van der Waals surface area (Å²) >= 11 is 1.27. The summed E-state index contributed by atoms with van der Waals surface area (Å²) in [4.78, 5) is 41.1. The van der Waals surface area contributed by atoms with E-state index < -0.39 is 11.8 Å². The summed E-state index contributed by atoms with van der Waals surface area (Å²) in [5.41, 5.74) is 1.17. The number of imide groups is 1. The van der Waals surface area contributed by atoms with Crippen LogP contribution in [0.2, 0.25) is 0 Å². The standard InChI is InChI=1S/C14H11N3O3S/c18-11(16-14-15-5-6-21-14)8-17-12(19)7-9-3-1-2-4-10(9)13(17)20/h1-6H,7-8H2,(H,15,16,18). The largest absolute Gasteiger partial charge is 0.300 e. The van der Waals surface area contributed by atoms with E-state index in [1.165, 1.54) is 11.3 Å². The van der Waals surface area contributed by atoms with Gasteiger partial charge in [0.15, 0.2) is 5.13 Å². The first-order valence-corrected chi connectivity index (χ1v) is 7.15. The number of thiazole rings is 1. The number of hydrogen-bond donors (Lipinski definition) is 1. The Hall–Kier alpha value is -2.54. The number of benzene rings is 1. The first-order chi connectivity index (χ1) is 10.1. The lowest BCUT2D eigenvalue weighted by Gasteiger charge is -2.26.